The first kappa shape index (κ1) is 15.9. The van der Waals surface area contributed by atoms with Crippen molar-refractivity contribution < 1.29 is 23.8 Å². The van der Waals surface area contributed by atoms with Crippen molar-refractivity contribution >= 4 is 11.7 Å². The molecule has 0 spiro atoms. The molecule has 24 heavy (non-hydrogen) atoms. The van der Waals surface area contributed by atoms with E-state index in [1.54, 1.807) is 7.11 Å². The number of hydrogen-bond donors (Lipinski definition) is 2. The summed E-state index contributed by atoms with van der Waals surface area (Å²) < 4.78 is 15.2. The summed E-state index contributed by atoms with van der Waals surface area (Å²) in [6.07, 6.45) is 1.45. The normalized spacial score (nSPS) is 15.5. The third kappa shape index (κ3) is 3.19. The SMILES string of the molecule is COc1ccc2c(c1)C(CCOC(=O)c1cc(=O)c(O)co1)CN2. The van der Waals surface area contributed by atoms with E-state index in [1.165, 1.54) is 0 Å². The van der Waals surface area contributed by atoms with Crippen molar-refractivity contribution in [3.05, 3.63) is 52.1 Å². The molecule has 1 aromatic carbocycles. The maximum absolute atomic E-state index is 11.9. The van der Waals surface area contributed by atoms with Crippen LogP contribution in [0.2, 0.25) is 0 Å². The number of nitrogens with one attached hydrogen (secondary N) is 1. The highest BCUT2D eigenvalue weighted by molar-refractivity contribution is 5.86. The van der Waals surface area contributed by atoms with Gasteiger partial charge in [0, 0.05) is 24.2 Å². The van der Waals surface area contributed by atoms with E-state index in [-0.39, 0.29) is 18.3 Å². The second-order valence-electron chi connectivity index (χ2n) is 5.45. The van der Waals surface area contributed by atoms with Gasteiger partial charge in [0.15, 0.2) is 5.75 Å². The Hall–Kier alpha value is -2.96. The fraction of sp³-hybridized carbons (Fsp3) is 0.294. The topological polar surface area (TPSA) is 98.0 Å². The van der Waals surface area contributed by atoms with Crippen LogP contribution < -0.4 is 15.5 Å². The summed E-state index contributed by atoms with van der Waals surface area (Å²) in [5, 5.41) is 12.4. The summed E-state index contributed by atoms with van der Waals surface area (Å²) in [6, 6.07) is 6.74. The molecule has 2 N–H and O–H groups in total. The molecule has 0 aliphatic carbocycles. The van der Waals surface area contributed by atoms with E-state index in [1.807, 2.05) is 18.2 Å². The fourth-order valence-electron chi connectivity index (χ4n) is 2.64. The molecule has 0 fully saturated rings. The molecule has 1 aliphatic heterocycles. The lowest BCUT2D eigenvalue weighted by molar-refractivity contribution is 0.0455. The minimum Gasteiger partial charge on any atom is -0.502 e. The largest absolute Gasteiger partial charge is 0.502 e. The van der Waals surface area contributed by atoms with E-state index in [0.29, 0.717) is 6.42 Å². The molecule has 1 atom stereocenters. The summed E-state index contributed by atoms with van der Waals surface area (Å²) in [6.45, 7) is 0.945. The molecular weight excluding hydrogens is 314 g/mol. The summed E-state index contributed by atoms with van der Waals surface area (Å²) in [5.41, 5.74) is 1.49. The molecule has 3 rings (SSSR count). The van der Waals surface area contributed by atoms with Crippen molar-refractivity contribution in [1.82, 2.24) is 0 Å². The number of methoxy groups -OCH3 is 1. The lowest BCUT2D eigenvalue weighted by Crippen LogP contribution is -2.12. The molecule has 1 unspecified atom stereocenters. The number of carbonyl (C=O) groups is 1. The minimum atomic E-state index is -0.732. The summed E-state index contributed by atoms with van der Waals surface area (Å²) in [4.78, 5) is 23.1. The number of anilines is 1. The van der Waals surface area contributed by atoms with E-state index < -0.39 is 17.1 Å². The van der Waals surface area contributed by atoms with E-state index in [9.17, 15) is 9.59 Å². The number of hydrogen-bond acceptors (Lipinski definition) is 7. The number of fused-ring (bicyclic) bond motifs is 1. The molecule has 7 nitrogen and oxygen atoms in total. The number of carbonyl (C=O) groups excluding carboxylic acids is 1. The second-order valence-corrected chi connectivity index (χ2v) is 5.45. The Morgan fingerprint density at radius 1 is 1.42 bits per heavy atom. The average Bonchev–Trinajstić information content (AvgIpc) is 2.99. The second kappa shape index (κ2) is 6.66. The molecule has 0 bridgehead atoms. The van der Waals surface area contributed by atoms with Crippen molar-refractivity contribution in [2.75, 3.05) is 25.6 Å². The molecule has 2 heterocycles. The zero-order valence-corrected chi connectivity index (χ0v) is 13.1. The molecule has 2 aromatic rings. The van der Waals surface area contributed by atoms with Crippen molar-refractivity contribution in [3.8, 4) is 11.5 Å². The first-order valence-electron chi connectivity index (χ1n) is 7.49. The van der Waals surface area contributed by atoms with Crippen molar-refractivity contribution in [2.45, 2.75) is 12.3 Å². The first-order valence-corrected chi connectivity index (χ1v) is 7.49. The van der Waals surface area contributed by atoms with E-state index in [4.69, 9.17) is 19.0 Å². The van der Waals surface area contributed by atoms with Crippen molar-refractivity contribution in [1.29, 1.82) is 0 Å². The Morgan fingerprint density at radius 2 is 2.25 bits per heavy atom. The summed E-state index contributed by atoms with van der Waals surface area (Å²) in [7, 11) is 1.62. The van der Waals surface area contributed by atoms with Gasteiger partial charge in [0.1, 0.15) is 12.0 Å². The quantitative estimate of drug-likeness (QED) is 0.810. The predicted octanol–water partition coefficient (Wildman–Crippen LogP) is 2.11. The van der Waals surface area contributed by atoms with Gasteiger partial charge in [-0.2, -0.15) is 0 Å². The monoisotopic (exact) mass is 331 g/mol. The highest BCUT2D eigenvalue weighted by Gasteiger charge is 2.23. The lowest BCUT2D eigenvalue weighted by atomic mass is 9.98. The van der Waals surface area contributed by atoms with Gasteiger partial charge in [-0.25, -0.2) is 4.79 Å². The fourth-order valence-corrected chi connectivity index (χ4v) is 2.64. The van der Waals surface area contributed by atoms with Crippen molar-refractivity contribution in [3.63, 3.8) is 0 Å². The number of esters is 1. The molecule has 7 heteroatoms. The van der Waals surface area contributed by atoms with Crippen LogP contribution in [0.3, 0.4) is 0 Å². The number of aromatic hydroxyl groups is 1. The maximum Gasteiger partial charge on any atom is 0.374 e. The third-order valence-electron chi connectivity index (χ3n) is 3.95. The van der Waals surface area contributed by atoms with Gasteiger partial charge in [-0.15, -0.1) is 0 Å². The van der Waals surface area contributed by atoms with Gasteiger partial charge >= 0.3 is 5.97 Å². The van der Waals surface area contributed by atoms with Crippen LogP contribution in [-0.4, -0.2) is 31.3 Å². The Balaban J connectivity index is 1.59. The van der Waals surface area contributed by atoms with Gasteiger partial charge in [0.2, 0.25) is 11.2 Å². The molecule has 126 valence electrons. The smallest absolute Gasteiger partial charge is 0.374 e. The Kier molecular flexibility index (Phi) is 4.41. The molecule has 1 aliphatic rings. The third-order valence-corrected chi connectivity index (χ3v) is 3.95. The highest BCUT2D eigenvalue weighted by Crippen LogP contribution is 2.36. The van der Waals surface area contributed by atoms with Gasteiger partial charge in [-0.1, -0.05) is 0 Å². The average molecular weight is 331 g/mol. The van der Waals surface area contributed by atoms with Gasteiger partial charge in [-0.3, -0.25) is 4.79 Å². The maximum atomic E-state index is 11.9. The summed E-state index contributed by atoms with van der Waals surface area (Å²) in [5.74, 6) is -0.525. The Bertz CT molecular complexity index is 813. The molecule has 1 aromatic heterocycles. The Morgan fingerprint density at radius 3 is 3.00 bits per heavy atom. The van der Waals surface area contributed by atoms with E-state index in [0.717, 1.165) is 35.9 Å². The van der Waals surface area contributed by atoms with Gasteiger partial charge in [0.05, 0.1) is 13.7 Å². The predicted molar refractivity (Wildman–Crippen MR) is 85.8 cm³/mol. The molecule has 0 saturated heterocycles. The van der Waals surface area contributed by atoms with E-state index >= 15 is 0 Å². The molecule has 0 saturated carbocycles. The van der Waals surface area contributed by atoms with E-state index in [2.05, 4.69) is 5.32 Å². The van der Waals surface area contributed by atoms with Crippen LogP contribution in [-0.2, 0) is 4.74 Å². The van der Waals surface area contributed by atoms with Crippen molar-refractivity contribution in [2.24, 2.45) is 0 Å². The molecule has 0 amide bonds. The minimum absolute atomic E-state index is 0.187. The van der Waals surface area contributed by atoms with Crippen LogP contribution in [0.5, 0.6) is 11.5 Å². The lowest BCUT2D eigenvalue weighted by Gasteiger charge is -2.11. The zero-order chi connectivity index (χ0) is 17.1. The van der Waals surface area contributed by atoms with Crippen LogP contribution in [0.25, 0.3) is 0 Å². The zero-order valence-electron chi connectivity index (χ0n) is 13.1. The van der Waals surface area contributed by atoms with Gasteiger partial charge in [0.25, 0.3) is 0 Å². The van der Waals surface area contributed by atoms with Crippen LogP contribution in [0.4, 0.5) is 5.69 Å². The van der Waals surface area contributed by atoms with Crippen LogP contribution in [0, 0.1) is 0 Å². The molecule has 0 radical (unpaired) electrons. The molecular formula is C17H17NO6. The number of rotatable bonds is 5. The van der Waals surface area contributed by atoms with Crippen LogP contribution in [0.1, 0.15) is 28.5 Å². The van der Waals surface area contributed by atoms with Gasteiger partial charge in [-0.05, 0) is 30.2 Å². The van der Waals surface area contributed by atoms with Crippen LogP contribution in [0.15, 0.2) is 39.7 Å². The standard InChI is InChI=1S/C17H17NO6/c1-22-11-2-3-13-12(6-11)10(8-18-13)4-5-23-17(21)16-7-14(19)15(20)9-24-16/h2-3,6-7,9-10,18,20H,4-5,8H2,1H3. The number of ether oxygens (including phenoxy) is 2. The first-order chi connectivity index (χ1) is 11.6. The number of benzene rings is 1. The summed E-state index contributed by atoms with van der Waals surface area (Å²) >= 11 is 0. The Labute approximate surface area is 137 Å². The highest BCUT2D eigenvalue weighted by atomic mass is 16.5. The van der Waals surface area contributed by atoms with Crippen LogP contribution >= 0.6 is 0 Å². The van der Waals surface area contributed by atoms with Gasteiger partial charge < -0.3 is 24.3 Å².